The molecule has 0 aliphatic rings. The highest BCUT2D eigenvalue weighted by Gasteiger charge is 2.10. The summed E-state index contributed by atoms with van der Waals surface area (Å²) < 4.78 is 9.57. The first-order chi connectivity index (χ1) is 6.76. The number of rotatable bonds is 6. The molecule has 5 nitrogen and oxygen atoms in total. The maximum absolute atomic E-state index is 11.1. The van der Waals surface area contributed by atoms with Gasteiger partial charge < -0.3 is 9.26 Å². The van der Waals surface area contributed by atoms with Crippen LogP contribution in [0.5, 0.6) is 0 Å². The molecule has 0 atom stereocenters. The maximum atomic E-state index is 11.1. The molecule has 0 spiro atoms. The molecule has 0 saturated heterocycles. The number of ketones is 1. The van der Waals surface area contributed by atoms with Crippen LogP contribution in [-0.4, -0.2) is 35.9 Å². The molecule has 0 fully saturated rings. The summed E-state index contributed by atoms with van der Waals surface area (Å²) in [6, 6.07) is 0. The highest BCUT2D eigenvalue weighted by atomic mass is 32.2. The van der Waals surface area contributed by atoms with Crippen LogP contribution in [0, 0.1) is 0 Å². The molecule has 0 amide bonds. The lowest BCUT2D eigenvalue weighted by atomic mass is 10.3. The van der Waals surface area contributed by atoms with E-state index in [9.17, 15) is 4.79 Å². The molecule has 6 heteroatoms. The van der Waals surface area contributed by atoms with Crippen molar-refractivity contribution in [3.8, 4) is 0 Å². The lowest BCUT2D eigenvalue weighted by molar-refractivity contribution is -0.122. The fourth-order valence-electron chi connectivity index (χ4n) is 0.930. The average Bonchev–Trinajstić information content (AvgIpc) is 2.53. The molecule has 14 heavy (non-hydrogen) atoms. The van der Waals surface area contributed by atoms with Gasteiger partial charge in [-0.15, -0.1) is 0 Å². The van der Waals surface area contributed by atoms with E-state index < -0.39 is 0 Å². The minimum absolute atomic E-state index is 0.0631. The molecule has 0 aliphatic carbocycles. The van der Waals surface area contributed by atoms with Crippen LogP contribution in [0.1, 0.15) is 11.7 Å². The topological polar surface area (TPSA) is 65.2 Å². The van der Waals surface area contributed by atoms with Crippen LogP contribution in [0.2, 0.25) is 0 Å². The summed E-state index contributed by atoms with van der Waals surface area (Å²) in [5.41, 5.74) is 0. The number of nitrogens with zero attached hydrogens (tertiary/aromatic N) is 2. The number of aromatic nitrogens is 2. The van der Waals surface area contributed by atoms with Crippen LogP contribution in [0.3, 0.4) is 0 Å². The Labute approximate surface area is 86.2 Å². The predicted molar refractivity (Wildman–Crippen MR) is 52.1 cm³/mol. The Hall–Kier alpha value is -0.880. The molecule has 0 radical (unpaired) electrons. The van der Waals surface area contributed by atoms with Crippen molar-refractivity contribution in [3.63, 3.8) is 0 Å². The predicted octanol–water partition coefficient (Wildman–Crippen LogP) is 0.691. The third-order valence-electron chi connectivity index (χ3n) is 1.44. The van der Waals surface area contributed by atoms with Crippen molar-refractivity contribution in [3.05, 3.63) is 11.7 Å². The van der Waals surface area contributed by atoms with E-state index in [4.69, 9.17) is 4.52 Å². The quantitative estimate of drug-likeness (QED) is 0.697. The lowest BCUT2D eigenvalue weighted by Gasteiger charge is -1.93. The van der Waals surface area contributed by atoms with Gasteiger partial charge in [-0.2, -0.15) is 16.7 Å². The highest BCUT2D eigenvalue weighted by Crippen LogP contribution is 2.05. The zero-order valence-electron chi connectivity index (χ0n) is 8.15. The highest BCUT2D eigenvalue weighted by molar-refractivity contribution is 7.97. The molecule has 78 valence electrons. The van der Waals surface area contributed by atoms with Gasteiger partial charge in [-0.3, -0.25) is 4.79 Å². The summed E-state index contributed by atoms with van der Waals surface area (Å²) >= 11 is 1.60. The molecule has 0 aromatic carbocycles. The lowest BCUT2D eigenvalue weighted by Crippen LogP contribution is -2.09. The van der Waals surface area contributed by atoms with Gasteiger partial charge in [0.25, 0.3) is 0 Å². The first-order valence-electron chi connectivity index (χ1n) is 4.07. The fourth-order valence-corrected chi connectivity index (χ4v) is 1.31. The summed E-state index contributed by atoms with van der Waals surface area (Å²) in [6.45, 7) is 0.0836. The molecule has 0 aliphatic heterocycles. The minimum atomic E-state index is -0.0631. The number of methoxy groups -OCH3 is 1. The average molecular weight is 216 g/mol. The van der Waals surface area contributed by atoms with E-state index in [0.717, 1.165) is 0 Å². The van der Waals surface area contributed by atoms with Crippen LogP contribution >= 0.6 is 11.8 Å². The van der Waals surface area contributed by atoms with Gasteiger partial charge in [0, 0.05) is 7.11 Å². The van der Waals surface area contributed by atoms with Crippen LogP contribution in [0.4, 0.5) is 0 Å². The van der Waals surface area contributed by atoms with Crippen molar-refractivity contribution in [1.29, 1.82) is 0 Å². The molecule has 0 saturated carbocycles. The van der Waals surface area contributed by atoms with Crippen molar-refractivity contribution in [2.24, 2.45) is 0 Å². The fraction of sp³-hybridized carbons (Fsp3) is 0.625. The van der Waals surface area contributed by atoms with Crippen molar-refractivity contribution >= 4 is 17.5 Å². The first kappa shape index (κ1) is 11.2. The van der Waals surface area contributed by atoms with Crippen molar-refractivity contribution in [1.82, 2.24) is 10.1 Å². The van der Waals surface area contributed by atoms with Crippen LogP contribution in [0.15, 0.2) is 4.52 Å². The number of hydrogen-bond donors (Lipinski definition) is 0. The zero-order valence-corrected chi connectivity index (χ0v) is 8.97. The monoisotopic (exact) mass is 216 g/mol. The van der Waals surface area contributed by atoms with E-state index in [1.165, 1.54) is 7.11 Å². The molecule has 0 unspecified atom stereocenters. The molecule has 1 aromatic rings. The Morgan fingerprint density at radius 1 is 1.64 bits per heavy atom. The van der Waals surface area contributed by atoms with E-state index in [1.807, 2.05) is 6.26 Å². The molecule has 0 bridgehead atoms. The molecule has 0 N–H and O–H groups in total. The largest absolute Gasteiger partial charge is 0.377 e. The Balaban J connectivity index is 2.46. The molecular formula is C8H12N2O3S. The Morgan fingerprint density at radius 2 is 2.43 bits per heavy atom. The molecule has 1 rings (SSSR count). The standard InChI is InChI=1S/C8H12N2O3S/c1-12-4-6(11)3-8-9-7(5-14-2)10-13-8/h3-5H2,1-2H3. The van der Waals surface area contributed by atoms with E-state index in [2.05, 4.69) is 14.9 Å². The van der Waals surface area contributed by atoms with E-state index >= 15 is 0 Å². The van der Waals surface area contributed by atoms with Gasteiger partial charge in [0.15, 0.2) is 11.6 Å². The maximum Gasteiger partial charge on any atom is 0.234 e. The Kier molecular flexibility index (Phi) is 4.61. The number of thioether (sulfide) groups is 1. The second kappa shape index (κ2) is 5.77. The Bertz CT molecular complexity index is 301. The van der Waals surface area contributed by atoms with Gasteiger partial charge in [-0.1, -0.05) is 5.16 Å². The van der Waals surface area contributed by atoms with Crippen molar-refractivity contribution in [2.45, 2.75) is 12.2 Å². The molecule has 1 aromatic heterocycles. The van der Waals surface area contributed by atoms with Crippen molar-refractivity contribution < 1.29 is 14.1 Å². The van der Waals surface area contributed by atoms with Gasteiger partial charge in [0.1, 0.15) is 6.61 Å². The minimum Gasteiger partial charge on any atom is -0.377 e. The second-order valence-corrected chi connectivity index (χ2v) is 3.55. The third kappa shape index (κ3) is 3.47. The van der Waals surface area contributed by atoms with Crippen molar-refractivity contribution in [2.75, 3.05) is 20.0 Å². The summed E-state index contributed by atoms with van der Waals surface area (Å²) in [6.07, 6.45) is 2.10. The smallest absolute Gasteiger partial charge is 0.234 e. The van der Waals surface area contributed by atoms with Crippen LogP contribution in [0.25, 0.3) is 0 Å². The van der Waals surface area contributed by atoms with Gasteiger partial charge in [0.05, 0.1) is 12.2 Å². The van der Waals surface area contributed by atoms with Crippen LogP contribution < -0.4 is 0 Å². The van der Waals surface area contributed by atoms with Gasteiger partial charge in [-0.05, 0) is 6.26 Å². The van der Waals surface area contributed by atoms with E-state index in [1.54, 1.807) is 11.8 Å². The summed E-state index contributed by atoms with van der Waals surface area (Å²) in [4.78, 5) is 15.2. The Morgan fingerprint density at radius 3 is 3.07 bits per heavy atom. The number of hydrogen-bond acceptors (Lipinski definition) is 6. The summed E-state index contributed by atoms with van der Waals surface area (Å²) in [5, 5.41) is 3.72. The van der Waals surface area contributed by atoms with Gasteiger partial charge >= 0.3 is 0 Å². The second-order valence-electron chi connectivity index (χ2n) is 2.69. The summed E-state index contributed by atoms with van der Waals surface area (Å²) in [7, 11) is 1.48. The number of Topliss-reactive ketones (excluding diaryl/α,β-unsaturated/α-hetero) is 1. The zero-order chi connectivity index (χ0) is 10.4. The first-order valence-corrected chi connectivity index (χ1v) is 5.46. The molecular weight excluding hydrogens is 204 g/mol. The number of carbonyl (C=O) groups excluding carboxylic acids is 1. The third-order valence-corrected chi connectivity index (χ3v) is 1.98. The van der Waals surface area contributed by atoms with Crippen LogP contribution in [-0.2, 0) is 21.7 Å². The number of carbonyl (C=O) groups is 1. The number of ether oxygens (including phenoxy) is 1. The van der Waals surface area contributed by atoms with E-state index in [-0.39, 0.29) is 18.8 Å². The SMILES string of the molecule is COCC(=O)Cc1nc(CSC)no1. The summed E-state index contributed by atoms with van der Waals surface area (Å²) in [5.74, 6) is 1.61. The van der Waals surface area contributed by atoms with Gasteiger partial charge in [0.2, 0.25) is 5.89 Å². The normalized spacial score (nSPS) is 10.4. The molecule has 1 heterocycles. The van der Waals surface area contributed by atoms with Gasteiger partial charge in [-0.25, -0.2) is 0 Å². The van der Waals surface area contributed by atoms with E-state index in [0.29, 0.717) is 17.5 Å².